The Morgan fingerprint density at radius 3 is 1.66 bits per heavy atom. The number of benzene rings is 10. The first-order chi connectivity index (χ1) is 27.8. The van der Waals surface area contributed by atoms with E-state index in [2.05, 4.69) is 205 Å². The van der Waals surface area contributed by atoms with Crippen molar-refractivity contribution in [3.8, 4) is 33.4 Å². The van der Waals surface area contributed by atoms with Crippen LogP contribution < -0.4 is 4.90 Å². The fourth-order valence-electron chi connectivity index (χ4n) is 8.68. The molecule has 0 saturated heterocycles. The lowest BCUT2D eigenvalue weighted by atomic mass is 9.85. The summed E-state index contributed by atoms with van der Waals surface area (Å²) in [5.41, 5.74) is 12.1. The van der Waals surface area contributed by atoms with Crippen molar-refractivity contribution in [2.45, 2.75) is 0 Å². The van der Waals surface area contributed by atoms with Crippen LogP contribution in [0, 0.1) is 0 Å². The highest BCUT2D eigenvalue weighted by Gasteiger charge is 2.21. The van der Waals surface area contributed by atoms with E-state index in [1.165, 1.54) is 54.6 Å². The van der Waals surface area contributed by atoms with Gasteiger partial charge in [0.05, 0.1) is 0 Å². The molecule has 2 nitrogen and oxygen atoms in total. The number of hydrogen-bond acceptors (Lipinski definition) is 2. The van der Waals surface area contributed by atoms with Crippen LogP contribution in [0.2, 0.25) is 0 Å². The molecule has 1 heterocycles. The van der Waals surface area contributed by atoms with E-state index in [0.717, 1.165) is 50.1 Å². The largest absolute Gasteiger partial charge is 0.455 e. The van der Waals surface area contributed by atoms with Gasteiger partial charge in [0.25, 0.3) is 0 Å². The van der Waals surface area contributed by atoms with Gasteiger partial charge in [0, 0.05) is 33.4 Å². The summed E-state index contributed by atoms with van der Waals surface area (Å²) in [4.78, 5) is 2.40. The SMILES string of the molecule is c1ccc(-c2c(-c3ccccc3)c3cc(N(c4cccc(-c5cccc6c5oc5ccccc56)c4)c4ccc5ccccc5c4)ccc3c3ccccc23)cc1. The number of anilines is 3. The number of hydrogen-bond donors (Lipinski definition) is 0. The van der Waals surface area contributed by atoms with E-state index in [0.29, 0.717) is 0 Å². The smallest absolute Gasteiger partial charge is 0.143 e. The van der Waals surface area contributed by atoms with Crippen molar-refractivity contribution in [3.63, 3.8) is 0 Å². The molecule has 0 aliphatic carbocycles. The quantitative estimate of drug-likeness (QED) is 0.160. The third-order valence-electron chi connectivity index (χ3n) is 11.2. The molecular weight excluding hydrogens is 679 g/mol. The number of fused-ring (bicyclic) bond motifs is 7. The number of rotatable bonds is 6. The fourth-order valence-corrected chi connectivity index (χ4v) is 8.68. The molecule has 0 aliphatic heterocycles. The van der Waals surface area contributed by atoms with Crippen LogP contribution in [0.3, 0.4) is 0 Å². The Balaban J connectivity index is 1.19. The average Bonchev–Trinajstić information content (AvgIpc) is 3.66. The Labute approximate surface area is 325 Å². The summed E-state index contributed by atoms with van der Waals surface area (Å²) in [6, 6.07) is 76.6. The maximum Gasteiger partial charge on any atom is 0.143 e. The summed E-state index contributed by atoms with van der Waals surface area (Å²) in [6.45, 7) is 0. The molecule has 10 aromatic carbocycles. The molecule has 262 valence electrons. The molecule has 0 spiro atoms. The molecule has 0 saturated carbocycles. The van der Waals surface area contributed by atoms with Crippen LogP contribution in [0.15, 0.2) is 217 Å². The van der Waals surface area contributed by atoms with Gasteiger partial charge in [0.15, 0.2) is 0 Å². The first-order valence-corrected chi connectivity index (χ1v) is 19.2. The van der Waals surface area contributed by atoms with Crippen molar-refractivity contribution in [1.29, 1.82) is 0 Å². The standard InChI is InChI=1S/C54H35NO/c1-3-16-37(17-4-1)52-48-25-10-9-23-45(48)46-32-31-43(35-50(46)53(52)38-18-5-2-6-19-38)55(42-30-29-36-15-7-8-20-39(36)33-42)41-22-13-21-40(34-41)44-26-14-27-49-47-24-11-12-28-51(47)56-54(44)49/h1-35H. The zero-order chi connectivity index (χ0) is 37.0. The predicted octanol–water partition coefficient (Wildman–Crippen LogP) is 15.5. The van der Waals surface area contributed by atoms with Gasteiger partial charge in [0.1, 0.15) is 11.2 Å². The second kappa shape index (κ2) is 13.2. The second-order valence-electron chi connectivity index (χ2n) is 14.5. The average molecular weight is 714 g/mol. The molecule has 0 bridgehead atoms. The maximum atomic E-state index is 6.53. The van der Waals surface area contributed by atoms with Gasteiger partial charge in [-0.05, 0) is 103 Å². The highest BCUT2D eigenvalue weighted by molar-refractivity contribution is 6.22. The lowest BCUT2D eigenvalue weighted by molar-refractivity contribution is 0.670. The van der Waals surface area contributed by atoms with E-state index in [9.17, 15) is 0 Å². The van der Waals surface area contributed by atoms with Crippen molar-refractivity contribution in [2.75, 3.05) is 4.90 Å². The number of para-hydroxylation sites is 2. The third kappa shape index (κ3) is 5.26. The maximum absolute atomic E-state index is 6.53. The minimum Gasteiger partial charge on any atom is -0.455 e. The molecule has 11 aromatic rings. The van der Waals surface area contributed by atoms with Crippen molar-refractivity contribution in [2.24, 2.45) is 0 Å². The lowest BCUT2D eigenvalue weighted by Gasteiger charge is -2.27. The number of nitrogens with zero attached hydrogens (tertiary/aromatic N) is 1. The van der Waals surface area contributed by atoms with Gasteiger partial charge in [0.2, 0.25) is 0 Å². The molecule has 0 atom stereocenters. The summed E-state index contributed by atoms with van der Waals surface area (Å²) in [5, 5.41) is 9.59. The van der Waals surface area contributed by atoms with Gasteiger partial charge >= 0.3 is 0 Å². The first-order valence-electron chi connectivity index (χ1n) is 19.2. The number of furan rings is 1. The molecule has 1 aromatic heterocycles. The first kappa shape index (κ1) is 32.0. The Hall–Kier alpha value is -7.42. The van der Waals surface area contributed by atoms with Crippen LogP contribution in [0.4, 0.5) is 17.1 Å². The van der Waals surface area contributed by atoms with Gasteiger partial charge in [-0.15, -0.1) is 0 Å². The summed E-state index contributed by atoms with van der Waals surface area (Å²) in [6.07, 6.45) is 0. The molecule has 56 heavy (non-hydrogen) atoms. The third-order valence-corrected chi connectivity index (χ3v) is 11.2. The Morgan fingerprint density at radius 1 is 0.304 bits per heavy atom. The fraction of sp³-hybridized carbons (Fsp3) is 0. The zero-order valence-electron chi connectivity index (χ0n) is 30.6. The van der Waals surface area contributed by atoms with Crippen molar-refractivity contribution in [3.05, 3.63) is 212 Å². The molecule has 0 amide bonds. The van der Waals surface area contributed by atoms with Gasteiger partial charge in [-0.2, -0.15) is 0 Å². The van der Waals surface area contributed by atoms with Gasteiger partial charge in [-0.1, -0.05) is 170 Å². The summed E-state index contributed by atoms with van der Waals surface area (Å²) < 4.78 is 6.53. The van der Waals surface area contributed by atoms with E-state index >= 15 is 0 Å². The monoisotopic (exact) mass is 713 g/mol. The van der Waals surface area contributed by atoms with E-state index < -0.39 is 0 Å². The van der Waals surface area contributed by atoms with Gasteiger partial charge in [-0.25, -0.2) is 0 Å². The molecule has 11 rings (SSSR count). The van der Waals surface area contributed by atoms with E-state index in [-0.39, 0.29) is 0 Å². The summed E-state index contributed by atoms with van der Waals surface area (Å²) >= 11 is 0. The van der Waals surface area contributed by atoms with Crippen molar-refractivity contribution < 1.29 is 4.42 Å². The second-order valence-corrected chi connectivity index (χ2v) is 14.5. The normalized spacial score (nSPS) is 11.6. The Kier molecular flexibility index (Phi) is 7.53. The lowest BCUT2D eigenvalue weighted by Crippen LogP contribution is -2.10. The van der Waals surface area contributed by atoms with Gasteiger partial charge in [-0.3, -0.25) is 0 Å². The Morgan fingerprint density at radius 2 is 0.857 bits per heavy atom. The highest BCUT2D eigenvalue weighted by Crippen LogP contribution is 2.47. The van der Waals surface area contributed by atoms with Crippen molar-refractivity contribution >= 4 is 71.3 Å². The molecule has 0 unspecified atom stereocenters. The van der Waals surface area contributed by atoms with Crippen LogP contribution in [0.25, 0.3) is 87.6 Å². The van der Waals surface area contributed by atoms with E-state index in [1.54, 1.807) is 0 Å². The minimum atomic E-state index is 0.900. The molecule has 0 N–H and O–H groups in total. The van der Waals surface area contributed by atoms with Crippen LogP contribution in [0.5, 0.6) is 0 Å². The van der Waals surface area contributed by atoms with Gasteiger partial charge < -0.3 is 9.32 Å². The van der Waals surface area contributed by atoms with E-state index in [4.69, 9.17) is 4.42 Å². The zero-order valence-corrected chi connectivity index (χ0v) is 30.6. The minimum absolute atomic E-state index is 0.900. The van der Waals surface area contributed by atoms with Crippen LogP contribution in [-0.2, 0) is 0 Å². The van der Waals surface area contributed by atoms with Crippen LogP contribution in [-0.4, -0.2) is 0 Å². The molecule has 2 heteroatoms. The van der Waals surface area contributed by atoms with E-state index in [1.807, 2.05) is 12.1 Å². The molecule has 0 aliphatic rings. The summed E-state index contributed by atoms with van der Waals surface area (Å²) in [5.74, 6) is 0. The highest BCUT2D eigenvalue weighted by atomic mass is 16.3. The van der Waals surface area contributed by atoms with Crippen LogP contribution >= 0.6 is 0 Å². The van der Waals surface area contributed by atoms with Crippen LogP contribution in [0.1, 0.15) is 0 Å². The molecular formula is C54H35NO. The topological polar surface area (TPSA) is 16.4 Å². The molecule has 0 fully saturated rings. The summed E-state index contributed by atoms with van der Waals surface area (Å²) in [7, 11) is 0. The molecule has 0 radical (unpaired) electrons. The van der Waals surface area contributed by atoms with Crippen molar-refractivity contribution in [1.82, 2.24) is 0 Å². The Bertz CT molecular complexity index is 3250. The predicted molar refractivity (Wildman–Crippen MR) is 237 cm³/mol.